The van der Waals surface area contributed by atoms with Crippen LogP contribution in [0.25, 0.3) is 0 Å². The van der Waals surface area contributed by atoms with Crippen molar-refractivity contribution in [2.45, 2.75) is 6.54 Å². The Labute approximate surface area is 181 Å². The Morgan fingerprint density at radius 1 is 0.935 bits per heavy atom. The third-order valence-corrected chi connectivity index (χ3v) is 5.60. The van der Waals surface area contributed by atoms with Crippen LogP contribution in [0.2, 0.25) is 0 Å². The van der Waals surface area contributed by atoms with Gasteiger partial charge in [0.05, 0.1) is 31.1 Å². The Balaban J connectivity index is 1.30. The van der Waals surface area contributed by atoms with Crippen LogP contribution < -0.4 is 15.1 Å². The van der Waals surface area contributed by atoms with Crippen LogP contribution in [0.15, 0.2) is 78.9 Å². The van der Waals surface area contributed by atoms with E-state index >= 15 is 0 Å². The van der Waals surface area contributed by atoms with E-state index in [-0.39, 0.29) is 11.6 Å². The van der Waals surface area contributed by atoms with E-state index < -0.39 is 4.92 Å². The molecule has 0 bridgehead atoms. The highest BCUT2D eigenvalue weighted by Gasteiger charge is 2.20. The number of hydrogen-bond donors (Lipinski definition) is 2. The first-order valence-electron chi connectivity index (χ1n) is 10.4. The highest BCUT2D eigenvalue weighted by molar-refractivity contribution is 6.04. The number of anilines is 2. The molecule has 4 rings (SSSR count). The van der Waals surface area contributed by atoms with Gasteiger partial charge in [0.1, 0.15) is 6.54 Å². The number of non-ortho nitro benzene ring substituents is 1. The molecule has 2 N–H and O–H groups in total. The van der Waals surface area contributed by atoms with Crippen LogP contribution in [-0.4, -0.2) is 37.0 Å². The fourth-order valence-corrected chi connectivity index (χ4v) is 3.84. The summed E-state index contributed by atoms with van der Waals surface area (Å²) in [5, 5.41) is 13.6. The monoisotopic (exact) mass is 417 g/mol. The summed E-state index contributed by atoms with van der Waals surface area (Å²) in [4.78, 5) is 26.6. The molecule has 0 unspecified atom stereocenters. The second-order valence-electron chi connectivity index (χ2n) is 7.70. The summed E-state index contributed by atoms with van der Waals surface area (Å²) in [6.45, 7) is 5.23. The Morgan fingerprint density at radius 3 is 2.19 bits per heavy atom. The number of nitrogens with zero attached hydrogens (tertiary/aromatic N) is 2. The molecule has 0 atom stereocenters. The topological polar surface area (TPSA) is 79.9 Å². The van der Waals surface area contributed by atoms with Gasteiger partial charge >= 0.3 is 0 Å². The van der Waals surface area contributed by atoms with Crippen LogP contribution in [0.4, 0.5) is 17.1 Å². The predicted molar refractivity (Wildman–Crippen MR) is 121 cm³/mol. The second kappa shape index (κ2) is 9.40. The first-order valence-corrected chi connectivity index (χ1v) is 10.4. The lowest BCUT2D eigenvalue weighted by atomic mass is 10.1. The zero-order valence-corrected chi connectivity index (χ0v) is 17.2. The minimum atomic E-state index is -0.483. The number of hydrogen-bond acceptors (Lipinski definition) is 4. The standard InChI is InChI=1S/C24H24N4O3/c29-24(20-6-10-23(11-7-20)28(30)31)25-21-8-12-22(13-9-21)27-16-14-26(15-17-27)18-19-4-2-1-3-5-19/h1-13H,14-18H2,(H,25,29)/p+1. The molecule has 1 heterocycles. The number of quaternary nitrogens is 1. The summed E-state index contributed by atoms with van der Waals surface area (Å²) in [5.41, 5.74) is 3.56. The number of nitro groups is 1. The van der Waals surface area contributed by atoms with Crippen LogP contribution in [0, 0.1) is 10.1 Å². The van der Waals surface area contributed by atoms with Gasteiger partial charge < -0.3 is 15.1 Å². The number of amides is 1. The summed E-state index contributed by atoms with van der Waals surface area (Å²) in [6.07, 6.45) is 0. The number of carbonyl (C=O) groups is 1. The van der Waals surface area contributed by atoms with Crippen molar-refractivity contribution in [3.63, 3.8) is 0 Å². The van der Waals surface area contributed by atoms with Crippen LogP contribution in [0.5, 0.6) is 0 Å². The Hall–Kier alpha value is -3.71. The Morgan fingerprint density at radius 2 is 1.58 bits per heavy atom. The van der Waals surface area contributed by atoms with Crippen molar-refractivity contribution in [1.29, 1.82) is 0 Å². The smallest absolute Gasteiger partial charge is 0.269 e. The van der Waals surface area contributed by atoms with E-state index in [0.29, 0.717) is 11.3 Å². The molecule has 31 heavy (non-hydrogen) atoms. The minimum Gasteiger partial charge on any atom is -0.360 e. The Bertz CT molecular complexity index is 1030. The van der Waals surface area contributed by atoms with Crippen molar-refractivity contribution in [3.8, 4) is 0 Å². The van der Waals surface area contributed by atoms with Gasteiger partial charge in [-0.25, -0.2) is 0 Å². The first-order chi connectivity index (χ1) is 15.1. The summed E-state index contributed by atoms with van der Waals surface area (Å²) >= 11 is 0. The maximum absolute atomic E-state index is 12.4. The molecule has 0 aromatic heterocycles. The third-order valence-electron chi connectivity index (χ3n) is 5.60. The fourth-order valence-electron chi connectivity index (χ4n) is 3.84. The summed E-state index contributed by atoms with van der Waals surface area (Å²) in [5.74, 6) is -0.291. The number of nitro benzene ring substituents is 1. The van der Waals surface area contributed by atoms with Crippen molar-refractivity contribution in [2.24, 2.45) is 0 Å². The van der Waals surface area contributed by atoms with Crippen LogP contribution in [0.3, 0.4) is 0 Å². The molecule has 3 aromatic rings. The molecule has 3 aromatic carbocycles. The molecular formula is C24H25N4O3+. The summed E-state index contributed by atoms with van der Waals surface area (Å²) < 4.78 is 0. The van der Waals surface area contributed by atoms with E-state index in [1.807, 2.05) is 24.3 Å². The summed E-state index contributed by atoms with van der Waals surface area (Å²) in [6, 6.07) is 24.0. The molecule has 7 nitrogen and oxygen atoms in total. The van der Waals surface area contributed by atoms with Crippen molar-refractivity contribution in [3.05, 3.63) is 100 Å². The molecule has 1 aliphatic rings. The van der Waals surface area contributed by atoms with Gasteiger partial charge in [-0.15, -0.1) is 0 Å². The number of benzene rings is 3. The maximum atomic E-state index is 12.4. The van der Waals surface area contributed by atoms with Gasteiger partial charge in [0, 0.05) is 34.6 Å². The fraction of sp³-hybridized carbons (Fsp3) is 0.208. The minimum absolute atomic E-state index is 0.0356. The quantitative estimate of drug-likeness (QED) is 0.478. The highest BCUT2D eigenvalue weighted by atomic mass is 16.6. The normalized spacial score (nSPS) is 14.3. The molecular weight excluding hydrogens is 392 g/mol. The second-order valence-corrected chi connectivity index (χ2v) is 7.70. The lowest BCUT2D eigenvalue weighted by Gasteiger charge is -2.33. The van der Waals surface area contributed by atoms with Gasteiger partial charge in [0.15, 0.2) is 0 Å². The van der Waals surface area contributed by atoms with E-state index in [0.717, 1.165) is 38.4 Å². The molecule has 1 fully saturated rings. The molecule has 1 amide bonds. The van der Waals surface area contributed by atoms with Gasteiger partial charge in [-0.2, -0.15) is 0 Å². The molecule has 1 saturated heterocycles. The molecule has 7 heteroatoms. The van der Waals surface area contributed by atoms with Crippen LogP contribution in [0.1, 0.15) is 15.9 Å². The van der Waals surface area contributed by atoms with Crippen molar-refractivity contribution >= 4 is 23.0 Å². The zero-order chi connectivity index (χ0) is 21.6. The highest BCUT2D eigenvalue weighted by Crippen LogP contribution is 2.19. The molecule has 0 aliphatic carbocycles. The third kappa shape index (κ3) is 5.26. The number of piperazine rings is 1. The SMILES string of the molecule is O=C(Nc1ccc(N2CC[NH+](Cc3ccccc3)CC2)cc1)c1ccc([N+](=O)[O-])cc1. The van der Waals surface area contributed by atoms with Crippen LogP contribution >= 0.6 is 0 Å². The van der Waals surface area contributed by atoms with Gasteiger partial charge in [-0.3, -0.25) is 14.9 Å². The largest absolute Gasteiger partial charge is 0.360 e. The zero-order valence-electron chi connectivity index (χ0n) is 17.2. The number of carbonyl (C=O) groups excluding carboxylic acids is 1. The predicted octanol–water partition coefficient (Wildman–Crippen LogP) is 2.75. The lowest BCUT2D eigenvalue weighted by molar-refractivity contribution is -0.914. The molecule has 0 radical (unpaired) electrons. The van der Waals surface area contributed by atoms with Gasteiger partial charge in [-0.1, -0.05) is 30.3 Å². The van der Waals surface area contributed by atoms with Gasteiger partial charge in [0.2, 0.25) is 0 Å². The van der Waals surface area contributed by atoms with E-state index in [9.17, 15) is 14.9 Å². The number of rotatable bonds is 6. The van der Waals surface area contributed by atoms with E-state index in [2.05, 4.69) is 40.5 Å². The van der Waals surface area contributed by atoms with Gasteiger partial charge in [-0.05, 0) is 36.4 Å². The van der Waals surface area contributed by atoms with Crippen molar-refractivity contribution in [2.75, 3.05) is 36.4 Å². The van der Waals surface area contributed by atoms with E-state index in [1.165, 1.54) is 29.8 Å². The average Bonchev–Trinajstić information content (AvgIpc) is 2.81. The van der Waals surface area contributed by atoms with Crippen LogP contribution in [-0.2, 0) is 6.54 Å². The molecule has 158 valence electrons. The van der Waals surface area contributed by atoms with E-state index in [1.54, 1.807) is 4.90 Å². The first kappa shape index (κ1) is 20.6. The lowest BCUT2D eigenvalue weighted by Crippen LogP contribution is -3.13. The Kier molecular flexibility index (Phi) is 6.24. The maximum Gasteiger partial charge on any atom is 0.269 e. The van der Waals surface area contributed by atoms with Crippen molar-refractivity contribution < 1.29 is 14.6 Å². The van der Waals surface area contributed by atoms with Gasteiger partial charge in [0.25, 0.3) is 11.6 Å². The summed E-state index contributed by atoms with van der Waals surface area (Å²) in [7, 11) is 0. The molecule has 0 spiro atoms. The average molecular weight is 417 g/mol. The molecule has 0 saturated carbocycles. The number of nitrogens with one attached hydrogen (secondary N) is 2. The van der Waals surface area contributed by atoms with Crippen molar-refractivity contribution in [1.82, 2.24) is 0 Å². The molecule has 1 aliphatic heterocycles. The van der Waals surface area contributed by atoms with E-state index in [4.69, 9.17) is 0 Å².